The van der Waals surface area contributed by atoms with Gasteiger partial charge >= 0.3 is 0 Å². The van der Waals surface area contributed by atoms with Crippen molar-refractivity contribution in [3.8, 4) is 17.2 Å². The molecular weight excluding hydrogens is 338 g/mol. The van der Waals surface area contributed by atoms with Crippen LogP contribution in [0.25, 0.3) is 0 Å². The molecule has 0 saturated carbocycles. The molecule has 0 aliphatic rings. The van der Waals surface area contributed by atoms with Gasteiger partial charge in [-0.15, -0.1) is 0 Å². The predicted molar refractivity (Wildman–Crippen MR) is 102 cm³/mol. The fourth-order valence-corrected chi connectivity index (χ4v) is 2.90. The maximum Gasteiger partial charge on any atom is 0.179 e. The van der Waals surface area contributed by atoms with Crippen LogP contribution in [0.15, 0.2) is 36.4 Å². The van der Waals surface area contributed by atoms with Crippen molar-refractivity contribution < 1.29 is 14.2 Å². The molecular formula is C20H26ClNO3. The molecule has 0 heterocycles. The highest BCUT2D eigenvalue weighted by Gasteiger charge is 2.12. The molecule has 0 aliphatic heterocycles. The first kappa shape index (κ1) is 19.4. The van der Waals surface area contributed by atoms with Crippen LogP contribution in [0.1, 0.15) is 37.9 Å². The van der Waals surface area contributed by atoms with Gasteiger partial charge in [0, 0.05) is 12.6 Å². The zero-order valence-corrected chi connectivity index (χ0v) is 16.2. The average molecular weight is 364 g/mol. The molecule has 25 heavy (non-hydrogen) atoms. The summed E-state index contributed by atoms with van der Waals surface area (Å²) in [6, 6.07) is 12.1. The van der Waals surface area contributed by atoms with Crippen molar-refractivity contribution in [1.82, 2.24) is 5.32 Å². The van der Waals surface area contributed by atoms with Crippen LogP contribution >= 0.6 is 11.6 Å². The zero-order valence-electron chi connectivity index (χ0n) is 15.4. The Labute approximate surface area is 155 Å². The molecule has 0 saturated heterocycles. The third-order valence-corrected chi connectivity index (χ3v) is 4.12. The number of ether oxygens (including phenoxy) is 3. The van der Waals surface area contributed by atoms with E-state index in [1.54, 1.807) is 14.2 Å². The van der Waals surface area contributed by atoms with E-state index in [2.05, 4.69) is 24.4 Å². The molecule has 0 radical (unpaired) electrons. The van der Waals surface area contributed by atoms with Gasteiger partial charge in [0.1, 0.15) is 5.75 Å². The van der Waals surface area contributed by atoms with Crippen LogP contribution in [-0.2, 0) is 6.54 Å². The summed E-state index contributed by atoms with van der Waals surface area (Å²) in [6.45, 7) is 6.83. The number of benzene rings is 2. The molecule has 1 unspecified atom stereocenters. The van der Waals surface area contributed by atoms with Crippen LogP contribution in [-0.4, -0.2) is 20.3 Å². The standard InChI is InChI=1S/C20H26ClNO3/c1-13(2)25-17-8-6-7-16(11-17)14(3)22-12-15-9-18(21)20(24-5)19(10-15)23-4/h6-11,13-14,22H,12H2,1-5H3. The third-order valence-electron chi connectivity index (χ3n) is 3.84. The molecule has 0 bridgehead atoms. The van der Waals surface area contributed by atoms with Gasteiger partial charge in [0.2, 0.25) is 0 Å². The van der Waals surface area contributed by atoms with Gasteiger partial charge in [0.15, 0.2) is 11.5 Å². The van der Waals surface area contributed by atoms with Crippen LogP contribution in [0.3, 0.4) is 0 Å². The topological polar surface area (TPSA) is 39.7 Å². The summed E-state index contributed by atoms with van der Waals surface area (Å²) in [6.07, 6.45) is 0.160. The second-order valence-corrected chi connectivity index (χ2v) is 6.56. The first-order valence-corrected chi connectivity index (χ1v) is 8.72. The highest BCUT2D eigenvalue weighted by atomic mass is 35.5. The zero-order chi connectivity index (χ0) is 18.4. The van der Waals surface area contributed by atoms with Crippen molar-refractivity contribution >= 4 is 11.6 Å². The van der Waals surface area contributed by atoms with E-state index in [1.165, 1.54) is 5.56 Å². The molecule has 0 spiro atoms. The Kier molecular flexibility index (Phi) is 6.97. The predicted octanol–water partition coefficient (Wildman–Crippen LogP) is 5.00. The lowest BCUT2D eigenvalue weighted by molar-refractivity contribution is 0.242. The lowest BCUT2D eigenvalue weighted by Crippen LogP contribution is -2.18. The van der Waals surface area contributed by atoms with Gasteiger partial charge in [-0.3, -0.25) is 0 Å². The Morgan fingerprint density at radius 3 is 2.44 bits per heavy atom. The largest absolute Gasteiger partial charge is 0.493 e. The summed E-state index contributed by atoms with van der Waals surface area (Å²) in [5.41, 5.74) is 2.20. The molecule has 4 nitrogen and oxygen atoms in total. The molecule has 136 valence electrons. The first-order chi connectivity index (χ1) is 11.9. The molecule has 0 amide bonds. The monoisotopic (exact) mass is 363 g/mol. The Morgan fingerprint density at radius 1 is 1.04 bits per heavy atom. The van der Waals surface area contributed by atoms with Crippen LogP contribution in [0.2, 0.25) is 5.02 Å². The van der Waals surface area contributed by atoms with E-state index in [1.807, 2.05) is 38.1 Å². The second-order valence-electron chi connectivity index (χ2n) is 6.15. The van der Waals surface area contributed by atoms with E-state index < -0.39 is 0 Å². The molecule has 1 atom stereocenters. The quantitative estimate of drug-likeness (QED) is 0.716. The van der Waals surface area contributed by atoms with E-state index in [-0.39, 0.29) is 12.1 Å². The Bertz CT molecular complexity index is 703. The van der Waals surface area contributed by atoms with E-state index in [4.69, 9.17) is 25.8 Å². The Morgan fingerprint density at radius 2 is 1.80 bits per heavy atom. The minimum atomic E-state index is 0.160. The van der Waals surface area contributed by atoms with Crippen LogP contribution < -0.4 is 19.5 Å². The van der Waals surface area contributed by atoms with E-state index >= 15 is 0 Å². The highest BCUT2D eigenvalue weighted by Crippen LogP contribution is 2.36. The summed E-state index contributed by atoms with van der Waals surface area (Å²) in [5.74, 6) is 2.07. The summed E-state index contributed by atoms with van der Waals surface area (Å²) in [5, 5.41) is 4.04. The van der Waals surface area contributed by atoms with Gasteiger partial charge < -0.3 is 19.5 Å². The van der Waals surface area contributed by atoms with Crippen molar-refractivity contribution in [2.24, 2.45) is 0 Å². The number of hydrogen-bond acceptors (Lipinski definition) is 4. The molecule has 2 aromatic carbocycles. The molecule has 2 rings (SSSR count). The van der Waals surface area contributed by atoms with Crippen molar-refractivity contribution in [3.05, 3.63) is 52.5 Å². The van der Waals surface area contributed by atoms with Crippen molar-refractivity contribution in [1.29, 1.82) is 0 Å². The first-order valence-electron chi connectivity index (χ1n) is 8.35. The van der Waals surface area contributed by atoms with Crippen molar-refractivity contribution in [2.75, 3.05) is 14.2 Å². The van der Waals surface area contributed by atoms with Crippen molar-refractivity contribution in [3.63, 3.8) is 0 Å². The molecule has 2 aromatic rings. The molecule has 0 aliphatic carbocycles. The lowest BCUT2D eigenvalue weighted by Gasteiger charge is -2.17. The fourth-order valence-electron chi connectivity index (χ4n) is 2.59. The van der Waals surface area contributed by atoms with Gasteiger partial charge in [-0.1, -0.05) is 23.7 Å². The Hall–Kier alpha value is -1.91. The summed E-state index contributed by atoms with van der Waals surface area (Å²) >= 11 is 6.27. The smallest absolute Gasteiger partial charge is 0.179 e. The summed E-state index contributed by atoms with van der Waals surface area (Å²) < 4.78 is 16.4. The van der Waals surface area contributed by atoms with Crippen molar-refractivity contribution in [2.45, 2.75) is 39.5 Å². The summed E-state index contributed by atoms with van der Waals surface area (Å²) in [4.78, 5) is 0. The van der Waals surface area contributed by atoms with E-state index in [9.17, 15) is 0 Å². The lowest BCUT2D eigenvalue weighted by atomic mass is 10.1. The van der Waals surface area contributed by atoms with Gasteiger partial charge in [0.05, 0.1) is 25.3 Å². The second kappa shape index (κ2) is 8.97. The number of methoxy groups -OCH3 is 2. The molecule has 0 aromatic heterocycles. The van der Waals surface area contributed by atoms with E-state index in [0.29, 0.717) is 23.1 Å². The fraction of sp³-hybridized carbons (Fsp3) is 0.400. The summed E-state index contributed by atoms with van der Waals surface area (Å²) in [7, 11) is 3.18. The van der Waals surface area contributed by atoms with E-state index in [0.717, 1.165) is 11.3 Å². The van der Waals surface area contributed by atoms with Gasteiger partial charge in [-0.2, -0.15) is 0 Å². The number of rotatable bonds is 8. The van der Waals surface area contributed by atoms with Gasteiger partial charge in [-0.05, 0) is 56.2 Å². The minimum absolute atomic E-state index is 0.160. The van der Waals surface area contributed by atoms with Gasteiger partial charge in [-0.25, -0.2) is 0 Å². The highest BCUT2D eigenvalue weighted by molar-refractivity contribution is 6.32. The SMILES string of the molecule is COc1cc(CNC(C)c2cccc(OC(C)C)c2)cc(Cl)c1OC. The molecule has 1 N–H and O–H groups in total. The molecule has 5 heteroatoms. The van der Waals surface area contributed by atoms with Gasteiger partial charge in [0.25, 0.3) is 0 Å². The van der Waals surface area contributed by atoms with Crippen LogP contribution in [0.5, 0.6) is 17.2 Å². The number of halogens is 1. The normalized spacial score (nSPS) is 12.1. The Balaban J connectivity index is 2.07. The third kappa shape index (κ3) is 5.28. The minimum Gasteiger partial charge on any atom is -0.493 e. The molecule has 0 fully saturated rings. The average Bonchev–Trinajstić information content (AvgIpc) is 2.58. The maximum atomic E-state index is 6.27. The van der Waals surface area contributed by atoms with Crippen LogP contribution in [0, 0.1) is 0 Å². The number of hydrogen-bond donors (Lipinski definition) is 1. The number of nitrogens with one attached hydrogen (secondary N) is 1. The maximum absolute atomic E-state index is 6.27. The van der Waals surface area contributed by atoms with Crippen LogP contribution in [0.4, 0.5) is 0 Å².